The molecule has 0 aliphatic heterocycles. The number of rotatable bonds is 4. The van der Waals surface area contributed by atoms with Crippen molar-refractivity contribution < 1.29 is 9.31 Å². The lowest BCUT2D eigenvalue weighted by Gasteiger charge is -2.11. The fourth-order valence-electron chi connectivity index (χ4n) is 1.98. The van der Waals surface area contributed by atoms with Crippen LogP contribution in [0.5, 0.6) is 0 Å². The molecule has 2 aromatic rings. The molecule has 0 fully saturated rings. The highest BCUT2D eigenvalue weighted by molar-refractivity contribution is 5.54. The van der Waals surface area contributed by atoms with E-state index in [0.29, 0.717) is 0 Å². The second-order valence-electron chi connectivity index (χ2n) is 4.61. The highest BCUT2D eigenvalue weighted by atomic mass is 19.1. The molecule has 5 heteroatoms. The third-order valence-electron chi connectivity index (χ3n) is 3.33. The Morgan fingerprint density at radius 3 is 2.60 bits per heavy atom. The maximum absolute atomic E-state index is 13.9. The van der Waals surface area contributed by atoms with Gasteiger partial charge in [-0.3, -0.25) is 10.1 Å². The fraction of sp³-hybridized carbons (Fsp3) is 0.200. The Morgan fingerprint density at radius 1 is 1.20 bits per heavy atom. The minimum absolute atomic E-state index is 0.206. The lowest BCUT2D eigenvalue weighted by molar-refractivity contribution is -0.387. The number of halogens is 1. The van der Waals surface area contributed by atoms with Crippen molar-refractivity contribution >= 4 is 11.4 Å². The average Bonchev–Trinajstić information content (AvgIpc) is 2.41. The Bertz CT molecular complexity index is 656. The molecule has 0 atom stereocenters. The zero-order valence-corrected chi connectivity index (χ0v) is 11.3. The summed E-state index contributed by atoms with van der Waals surface area (Å²) in [7, 11) is 0. The summed E-state index contributed by atoms with van der Waals surface area (Å²) < 4.78 is 13.9. The van der Waals surface area contributed by atoms with Crippen molar-refractivity contribution in [2.24, 2.45) is 0 Å². The molecule has 2 rings (SSSR count). The van der Waals surface area contributed by atoms with Crippen molar-refractivity contribution in [3.63, 3.8) is 0 Å². The van der Waals surface area contributed by atoms with E-state index < -0.39 is 16.4 Å². The molecule has 0 spiro atoms. The van der Waals surface area contributed by atoms with Crippen LogP contribution in [0.3, 0.4) is 0 Å². The fourth-order valence-corrected chi connectivity index (χ4v) is 1.98. The lowest BCUT2D eigenvalue weighted by atomic mass is 10.1. The molecule has 1 N–H and O–H groups in total. The Labute approximate surface area is 116 Å². The number of nitrogens with one attached hydrogen (secondary N) is 1. The van der Waals surface area contributed by atoms with Gasteiger partial charge < -0.3 is 5.32 Å². The number of nitro benzene ring substituents is 1. The number of nitrogens with zero attached hydrogens (tertiary/aromatic N) is 1. The van der Waals surface area contributed by atoms with E-state index in [1.54, 1.807) is 6.07 Å². The molecule has 0 amide bonds. The van der Waals surface area contributed by atoms with Gasteiger partial charge in [0, 0.05) is 23.9 Å². The summed E-state index contributed by atoms with van der Waals surface area (Å²) >= 11 is 0. The van der Waals surface area contributed by atoms with Crippen LogP contribution in [0.25, 0.3) is 0 Å². The zero-order valence-electron chi connectivity index (χ0n) is 11.3. The van der Waals surface area contributed by atoms with E-state index in [9.17, 15) is 14.5 Å². The molecule has 0 radical (unpaired) electrons. The molecule has 0 aliphatic carbocycles. The first-order chi connectivity index (χ1) is 9.50. The summed E-state index contributed by atoms with van der Waals surface area (Å²) in [5.41, 5.74) is 2.90. The second kappa shape index (κ2) is 5.69. The van der Waals surface area contributed by atoms with Crippen LogP contribution in [0, 0.1) is 29.8 Å². The minimum atomic E-state index is -0.782. The Kier molecular flexibility index (Phi) is 3.98. The van der Waals surface area contributed by atoms with Crippen molar-refractivity contribution in [2.75, 3.05) is 5.32 Å². The van der Waals surface area contributed by atoms with Gasteiger partial charge in [-0.05, 0) is 31.0 Å². The molecule has 0 saturated heterocycles. The first-order valence-corrected chi connectivity index (χ1v) is 6.22. The Hall–Kier alpha value is -2.43. The summed E-state index contributed by atoms with van der Waals surface area (Å²) in [5, 5.41) is 13.8. The number of hydrogen-bond donors (Lipinski definition) is 1. The number of hydrogen-bond acceptors (Lipinski definition) is 3. The SMILES string of the molecule is Cc1cccc(NCc2cccc([N+](=O)[O-])c2F)c1C. The largest absolute Gasteiger partial charge is 0.381 e. The van der Waals surface area contributed by atoms with Crippen LogP contribution in [0.15, 0.2) is 36.4 Å². The van der Waals surface area contributed by atoms with E-state index in [-0.39, 0.29) is 12.1 Å². The average molecular weight is 274 g/mol. The van der Waals surface area contributed by atoms with Crippen LogP contribution < -0.4 is 5.32 Å². The van der Waals surface area contributed by atoms with E-state index in [1.165, 1.54) is 6.07 Å². The van der Waals surface area contributed by atoms with Crippen LogP contribution >= 0.6 is 0 Å². The number of nitro groups is 1. The maximum atomic E-state index is 13.9. The van der Waals surface area contributed by atoms with Gasteiger partial charge in [0.1, 0.15) is 0 Å². The van der Waals surface area contributed by atoms with Crippen molar-refractivity contribution in [1.82, 2.24) is 0 Å². The predicted octanol–water partition coefficient (Wildman–Crippen LogP) is 3.96. The summed E-state index contributed by atoms with van der Waals surface area (Å²) in [5.74, 6) is -0.782. The molecule has 4 nitrogen and oxygen atoms in total. The van der Waals surface area contributed by atoms with Gasteiger partial charge in [0.2, 0.25) is 5.82 Å². The van der Waals surface area contributed by atoms with Crippen LogP contribution in [0.4, 0.5) is 15.8 Å². The van der Waals surface area contributed by atoms with Crippen molar-refractivity contribution in [3.05, 3.63) is 69.0 Å². The van der Waals surface area contributed by atoms with E-state index in [2.05, 4.69) is 5.32 Å². The zero-order chi connectivity index (χ0) is 14.7. The molecule has 0 bridgehead atoms. The molecule has 20 heavy (non-hydrogen) atoms. The van der Waals surface area contributed by atoms with Crippen molar-refractivity contribution in [2.45, 2.75) is 20.4 Å². The van der Waals surface area contributed by atoms with Gasteiger partial charge in [-0.1, -0.05) is 24.3 Å². The summed E-state index contributed by atoms with van der Waals surface area (Å²) in [6.45, 7) is 4.17. The van der Waals surface area contributed by atoms with Crippen LogP contribution in [0.2, 0.25) is 0 Å². The summed E-state index contributed by atoms with van der Waals surface area (Å²) in [4.78, 5) is 9.98. The number of aryl methyl sites for hydroxylation is 1. The van der Waals surface area contributed by atoms with E-state index in [4.69, 9.17) is 0 Å². The first-order valence-electron chi connectivity index (χ1n) is 6.22. The monoisotopic (exact) mass is 274 g/mol. The van der Waals surface area contributed by atoms with Crippen molar-refractivity contribution in [3.8, 4) is 0 Å². The van der Waals surface area contributed by atoms with Gasteiger partial charge >= 0.3 is 5.69 Å². The van der Waals surface area contributed by atoms with Gasteiger partial charge in [0.15, 0.2) is 0 Å². The normalized spacial score (nSPS) is 10.3. The maximum Gasteiger partial charge on any atom is 0.305 e. The minimum Gasteiger partial charge on any atom is -0.381 e. The van der Waals surface area contributed by atoms with E-state index >= 15 is 0 Å². The molecular weight excluding hydrogens is 259 g/mol. The van der Waals surface area contributed by atoms with Gasteiger partial charge in [-0.15, -0.1) is 0 Å². The lowest BCUT2D eigenvalue weighted by Crippen LogP contribution is -2.05. The third-order valence-corrected chi connectivity index (χ3v) is 3.33. The summed E-state index contributed by atoms with van der Waals surface area (Å²) in [6, 6.07) is 10.00. The number of anilines is 1. The Morgan fingerprint density at radius 2 is 1.90 bits per heavy atom. The molecule has 0 unspecified atom stereocenters. The number of benzene rings is 2. The first kappa shape index (κ1) is 14.0. The highest BCUT2D eigenvalue weighted by Crippen LogP contribution is 2.23. The molecule has 0 heterocycles. The van der Waals surface area contributed by atoms with Crippen LogP contribution in [-0.2, 0) is 6.54 Å². The standard InChI is InChI=1S/C15H15FN2O2/c1-10-5-3-7-13(11(10)2)17-9-12-6-4-8-14(15(12)16)18(19)20/h3-8,17H,9H2,1-2H3. The topological polar surface area (TPSA) is 55.2 Å². The van der Waals surface area contributed by atoms with Crippen LogP contribution in [0.1, 0.15) is 16.7 Å². The third kappa shape index (κ3) is 2.77. The van der Waals surface area contributed by atoms with E-state index in [0.717, 1.165) is 22.9 Å². The van der Waals surface area contributed by atoms with Gasteiger partial charge in [-0.2, -0.15) is 4.39 Å². The molecular formula is C15H15FN2O2. The molecule has 104 valence electrons. The quantitative estimate of drug-likeness (QED) is 0.678. The summed E-state index contributed by atoms with van der Waals surface area (Å²) in [6.07, 6.45) is 0. The van der Waals surface area contributed by atoms with Crippen LogP contribution in [-0.4, -0.2) is 4.92 Å². The molecule has 0 aliphatic rings. The highest BCUT2D eigenvalue weighted by Gasteiger charge is 2.16. The van der Waals surface area contributed by atoms with Gasteiger partial charge in [0.25, 0.3) is 0 Å². The molecule has 0 aromatic heterocycles. The molecule has 2 aromatic carbocycles. The molecule has 0 saturated carbocycles. The smallest absolute Gasteiger partial charge is 0.305 e. The predicted molar refractivity (Wildman–Crippen MR) is 76.3 cm³/mol. The van der Waals surface area contributed by atoms with Gasteiger partial charge in [0.05, 0.1) is 4.92 Å². The second-order valence-corrected chi connectivity index (χ2v) is 4.61. The van der Waals surface area contributed by atoms with E-state index in [1.807, 2.05) is 32.0 Å². The Balaban J connectivity index is 2.21. The van der Waals surface area contributed by atoms with Gasteiger partial charge in [-0.25, -0.2) is 0 Å². The van der Waals surface area contributed by atoms with Crippen molar-refractivity contribution in [1.29, 1.82) is 0 Å².